The summed E-state index contributed by atoms with van der Waals surface area (Å²) in [7, 11) is -3.77. The predicted molar refractivity (Wildman–Crippen MR) is 172 cm³/mol. The fourth-order valence-electron chi connectivity index (χ4n) is 3.36. The van der Waals surface area contributed by atoms with Crippen molar-refractivity contribution in [3.63, 3.8) is 0 Å². The van der Waals surface area contributed by atoms with E-state index in [-0.39, 0.29) is 18.1 Å². The molecule has 0 atom stereocenters. The van der Waals surface area contributed by atoms with Crippen LogP contribution in [0.4, 0.5) is 0 Å². The van der Waals surface area contributed by atoms with Crippen molar-refractivity contribution in [1.29, 1.82) is 0 Å². The van der Waals surface area contributed by atoms with E-state index in [1.165, 1.54) is 12.1 Å². The van der Waals surface area contributed by atoms with Crippen molar-refractivity contribution in [1.82, 2.24) is 0 Å². The van der Waals surface area contributed by atoms with Gasteiger partial charge in [0.2, 0.25) is 0 Å². The topological polar surface area (TPSA) is 171 Å². The minimum Gasteiger partial charge on any atom is -0.378 e. The molecule has 0 amide bonds. The van der Waals surface area contributed by atoms with Crippen LogP contribution in [0.25, 0.3) is 0 Å². The minimum atomic E-state index is -3.77. The molecular formula is C31H57NO14S. The fraction of sp³-hybridized carbons (Fsp3) is 0.806. The first kappa shape index (κ1) is 43.7. The third-order valence-electron chi connectivity index (χ3n) is 5.76. The maximum Gasteiger partial charge on any atom is 0.297 e. The zero-order valence-corrected chi connectivity index (χ0v) is 28.8. The van der Waals surface area contributed by atoms with Gasteiger partial charge in [-0.3, -0.25) is 4.18 Å². The van der Waals surface area contributed by atoms with E-state index in [4.69, 9.17) is 62.0 Å². The van der Waals surface area contributed by atoms with Gasteiger partial charge in [-0.2, -0.15) is 8.42 Å². The quantitative estimate of drug-likeness (QED) is 0.0765. The first-order chi connectivity index (χ1) is 23.1. The SMILES string of the molecule is Cc1ccc(S(=O)(=O)OCCOCCOCCOCCOCCOCCOCCOCCOCCOCCOCCOCCN)cc1. The molecule has 0 unspecified atom stereocenters. The molecule has 1 aromatic carbocycles. The van der Waals surface area contributed by atoms with E-state index in [1.54, 1.807) is 12.1 Å². The van der Waals surface area contributed by atoms with Crippen molar-refractivity contribution < 1.29 is 64.7 Å². The number of benzene rings is 1. The molecule has 16 heteroatoms. The van der Waals surface area contributed by atoms with Crippen LogP contribution in [0.3, 0.4) is 0 Å². The fourth-order valence-corrected chi connectivity index (χ4v) is 4.25. The Kier molecular flexibility index (Phi) is 30.8. The largest absolute Gasteiger partial charge is 0.378 e. The van der Waals surface area contributed by atoms with Gasteiger partial charge >= 0.3 is 0 Å². The van der Waals surface area contributed by atoms with Gasteiger partial charge in [0, 0.05) is 6.54 Å². The molecule has 0 saturated heterocycles. The molecule has 0 bridgehead atoms. The normalized spacial score (nSPS) is 11.9. The van der Waals surface area contributed by atoms with Gasteiger partial charge in [-0.25, -0.2) is 0 Å². The lowest BCUT2D eigenvalue weighted by atomic mass is 10.2. The number of hydrogen-bond donors (Lipinski definition) is 1. The number of rotatable bonds is 37. The van der Waals surface area contributed by atoms with Crippen molar-refractivity contribution >= 4 is 10.1 Å². The van der Waals surface area contributed by atoms with E-state index in [9.17, 15) is 8.42 Å². The smallest absolute Gasteiger partial charge is 0.297 e. The Morgan fingerprint density at radius 2 is 0.638 bits per heavy atom. The molecule has 276 valence electrons. The first-order valence-corrected chi connectivity index (χ1v) is 17.5. The van der Waals surface area contributed by atoms with Gasteiger partial charge in [0.25, 0.3) is 10.1 Å². The number of hydrogen-bond acceptors (Lipinski definition) is 15. The summed E-state index contributed by atoms with van der Waals surface area (Å²) < 4.78 is 88.6. The summed E-state index contributed by atoms with van der Waals surface area (Å²) >= 11 is 0. The van der Waals surface area contributed by atoms with E-state index in [0.29, 0.717) is 145 Å². The second kappa shape index (κ2) is 33.2. The van der Waals surface area contributed by atoms with E-state index in [0.717, 1.165) is 5.56 Å². The van der Waals surface area contributed by atoms with Crippen molar-refractivity contribution in [2.75, 3.05) is 159 Å². The van der Waals surface area contributed by atoms with Gasteiger partial charge < -0.3 is 57.8 Å². The molecule has 0 aliphatic heterocycles. The molecule has 0 aliphatic carbocycles. The Morgan fingerprint density at radius 1 is 0.404 bits per heavy atom. The summed E-state index contributed by atoms with van der Waals surface area (Å²) in [4.78, 5) is 0.127. The van der Waals surface area contributed by atoms with E-state index < -0.39 is 10.1 Å². The highest BCUT2D eigenvalue weighted by molar-refractivity contribution is 7.86. The second-order valence-electron chi connectivity index (χ2n) is 9.61. The van der Waals surface area contributed by atoms with Crippen LogP contribution in [0.2, 0.25) is 0 Å². The van der Waals surface area contributed by atoms with Crippen LogP contribution in [-0.4, -0.2) is 167 Å². The predicted octanol–water partition coefficient (Wildman–Crippen LogP) is 0.842. The molecule has 0 fully saturated rings. The van der Waals surface area contributed by atoms with Crippen LogP contribution in [-0.2, 0) is 66.4 Å². The van der Waals surface area contributed by atoms with Crippen molar-refractivity contribution in [2.24, 2.45) is 5.73 Å². The molecule has 15 nitrogen and oxygen atoms in total. The van der Waals surface area contributed by atoms with E-state index in [1.807, 2.05) is 6.92 Å². The maximum atomic E-state index is 12.1. The van der Waals surface area contributed by atoms with Gasteiger partial charge in [0.05, 0.1) is 157 Å². The number of aryl methyl sites for hydroxylation is 1. The lowest BCUT2D eigenvalue weighted by molar-refractivity contribution is -0.0276. The van der Waals surface area contributed by atoms with Gasteiger partial charge in [0.15, 0.2) is 0 Å². The third kappa shape index (κ3) is 29.3. The summed E-state index contributed by atoms with van der Waals surface area (Å²) in [5, 5.41) is 0. The average molecular weight is 700 g/mol. The van der Waals surface area contributed by atoms with Crippen LogP contribution in [0.1, 0.15) is 5.56 Å². The van der Waals surface area contributed by atoms with Crippen LogP contribution >= 0.6 is 0 Å². The highest BCUT2D eigenvalue weighted by Gasteiger charge is 2.14. The van der Waals surface area contributed by atoms with E-state index in [2.05, 4.69) is 0 Å². The van der Waals surface area contributed by atoms with E-state index >= 15 is 0 Å². The standard InChI is InChI=1S/C31H57NO14S/c1-30-2-4-31(5-3-30)47(33,34)46-29-28-45-27-26-44-25-24-43-23-22-42-21-20-41-19-18-40-17-16-39-15-14-38-13-12-37-11-10-36-9-8-35-7-6-32/h2-5H,6-29,32H2,1H3. The van der Waals surface area contributed by atoms with Crippen molar-refractivity contribution in [3.05, 3.63) is 29.8 Å². The van der Waals surface area contributed by atoms with Gasteiger partial charge in [-0.1, -0.05) is 17.7 Å². The highest BCUT2D eigenvalue weighted by atomic mass is 32.2. The van der Waals surface area contributed by atoms with Crippen LogP contribution in [0, 0.1) is 6.92 Å². The lowest BCUT2D eigenvalue weighted by Gasteiger charge is -2.09. The van der Waals surface area contributed by atoms with Crippen LogP contribution in [0.15, 0.2) is 29.2 Å². The Hall–Kier alpha value is -1.35. The molecule has 47 heavy (non-hydrogen) atoms. The van der Waals surface area contributed by atoms with Crippen LogP contribution in [0.5, 0.6) is 0 Å². The monoisotopic (exact) mass is 699 g/mol. The summed E-state index contributed by atoms with van der Waals surface area (Å²) in [5.74, 6) is 0. The number of nitrogens with two attached hydrogens (primary N) is 1. The first-order valence-electron chi connectivity index (χ1n) is 16.1. The van der Waals surface area contributed by atoms with Crippen molar-refractivity contribution in [2.45, 2.75) is 11.8 Å². The second-order valence-corrected chi connectivity index (χ2v) is 11.2. The Morgan fingerprint density at radius 3 is 0.894 bits per heavy atom. The third-order valence-corrected chi connectivity index (χ3v) is 7.08. The zero-order chi connectivity index (χ0) is 33.9. The molecule has 1 rings (SSSR count). The lowest BCUT2D eigenvalue weighted by Crippen LogP contribution is -2.16. The molecule has 2 N–H and O–H groups in total. The molecule has 0 aromatic heterocycles. The molecule has 0 heterocycles. The molecule has 0 saturated carbocycles. The Bertz CT molecular complexity index is 895. The van der Waals surface area contributed by atoms with Gasteiger partial charge in [-0.05, 0) is 19.1 Å². The number of ether oxygens (including phenoxy) is 11. The highest BCUT2D eigenvalue weighted by Crippen LogP contribution is 2.12. The maximum absolute atomic E-state index is 12.1. The molecule has 1 aromatic rings. The molecule has 0 spiro atoms. The average Bonchev–Trinajstić information content (AvgIpc) is 3.06. The zero-order valence-electron chi connectivity index (χ0n) is 28.0. The minimum absolute atomic E-state index is 0.0603. The Labute approximate surface area is 280 Å². The van der Waals surface area contributed by atoms with Crippen molar-refractivity contribution in [3.8, 4) is 0 Å². The molecule has 0 aliphatic rings. The van der Waals surface area contributed by atoms with Gasteiger partial charge in [-0.15, -0.1) is 0 Å². The summed E-state index contributed by atoms with van der Waals surface area (Å²) in [6.07, 6.45) is 0. The van der Waals surface area contributed by atoms with Crippen LogP contribution < -0.4 is 5.73 Å². The molecular weight excluding hydrogens is 642 g/mol. The summed E-state index contributed by atoms with van der Waals surface area (Å²) in [5.41, 5.74) is 6.30. The summed E-state index contributed by atoms with van der Waals surface area (Å²) in [6, 6.07) is 6.48. The summed E-state index contributed by atoms with van der Waals surface area (Å²) in [6.45, 7) is 12.6. The Balaban J connectivity index is 1.67. The molecule has 0 radical (unpaired) electrons. The van der Waals surface area contributed by atoms with Gasteiger partial charge in [0.1, 0.15) is 0 Å².